The van der Waals surface area contributed by atoms with E-state index in [2.05, 4.69) is 22.8 Å². The highest BCUT2D eigenvalue weighted by Crippen LogP contribution is 2.37. The lowest BCUT2D eigenvalue weighted by Gasteiger charge is -2.20. The van der Waals surface area contributed by atoms with Crippen LogP contribution in [0.25, 0.3) is 5.57 Å². The number of hydrogen-bond donors (Lipinski definition) is 3. The van der Waals surface area contributed by atoms with Gasteiger partial charge in [-0.3, -0.25) is 13.7 Å². The van der Waals surface area contributed by atoms with E-state index < -0.39 is 10.8 Å². The number of rotatable bonds is 3. The van der Waals surface area contributed by atoms with Crippen molar-refractivity contribution in [1.29, 1.82) is 0 Å². The van der Waals surface area contributed by atoms with E-state index in [-0.39, 0.29) is 17.6 Å². The normalized spacial score (nSPS) is 24.6. The Bertz CT molecular complexity index is 876. The van der Waals surface area contributed by atoms with Crippen molar-refractivity contribution >= 4 is 27.8 Å². The van der Waals surface area contributed by atoms with Crippen molar-refractivity contribution in [3.8, 4) is 0 Å². The van der Waals surface area contributed by atoms with Gasteiger partial charge in [0.05, 0.1) is 34.1 Å². The van der Waals surface area contributed by atoms with Crippen LogP contribution in [-0.4, -0.2) is 33.0 Å². The minimum atomic E-state index is -1.20. The number of anilines is 1. The molecule has 2 atom stereocenters. The summed E-state index contributed by atoms with van der Waals surface area (Å²) in [5.74, 6) is 6.60. The maximum atomic E-state index is 12.6. The Kier molecular flexibility index (Phi) is 4.09. The van der Waals surface area contributed by atoms with Crippen LogP contribution >= 0.6 is 0 Å². The number of nitrogen functional groups attached to an aromatic ring is 1. The quantitative estimate of drug-likeness (QED) is 0.713. The van der Waals surface area contributed by atoms with Crippen LogP contribution in [0, 0.1) is 0 Å². The lowest BCUT2D eigenvalue weighted by molar-refractivity contribution is 0.102. The van der Waals surface area contributed by atoms with Crippen LogP contribution in [0.5, 0.6) is 0 Å². The summed E-state index contributed by atoms with van der Waals surface area (Å²) >= 11 is 0. The molecule has 7 heteroatoms. The van der Waals surface area contributed by atoms with Gasteiger partial charge < -0.3 is 16.5 Å². The second-order valence-electron chi connectivity index (χ2n) is 6.27. The molecule has 130 valence electrons. The van der Waals surface area contributed by atoms with E-state index in [9.17, 15) is 9.00 Å². The monoisotopic (exact) mass is 356 g/mol. The Morgan fingerprint density at radius 2 is 2.20 bits per heavy atom. The summed E-state index contributed by atoms with van der Waals surface area (Å²) in [7, 11) is -1.20. The van der Waals surface area contributed by atoms with Gasteiger partial charge in [0.1, 0.15) is 0 Å². The average molecular weight is 356 g/mol. The Morgan fingerprint density at radius 1 is 1.32 bits per heavy atom. The highest BCUT2D eigenvalue weighted by Gasteiger charge is 2.33. The molecular weight excluding hydrogens is 336 g/mol. The lowest BCUT2D eigenvalue weighted by Crippen LogP contribution is -2.25. The van der Waals surface area contributed by atoms with Crippen LogP contribution in [-0.2, 0) is 16.6 Å². The molecule has 0 saturated heterocycles. The fourth-order valence-corrected chi connectivity index (χ4v) is 4.56. The molecule has 0 saturated carbocycles. The van der Waals surface area contributed by atoms with Crippen molar-refractivity contribution in [3.63, 3.8) is 0 Å². The minimum Gasteiger partial charge on any atom is -0.387 e. The zero-order valence-electron chi connectivity index (χ0n) is 13.7. The zero-order valence-corrected chi connectivity index (χ0v) is 14.5. The van der Waals surface area contributed by atoms with Crippen molar-refractivity contribution in [1.82, 2.24) is 9.99 Å². The van der Waals surface area contributed by atoms with Crippen LogP contribution < -0.4 is 16.5 Å². The van der Waals surface area contributed by atoms with Crippen molar-refractivity contribution in [2.24, 2.45) is 0 Å². The first-order valence-electron chi connectivity index (χ1n) is 8.26. The van der Waals surface area contributed by atoms with E-state index >= 15 is 0 Å². The van der Waals surface area contributed by atoms with Crippen molar-refractivity contribution in [3.05, 3.63) is 59.6 Å². The van der Waals surface area contributed by atoms with Crippen LogP contribution in [0.1, 0.15) is 28.2 Å². The Balaban J connectivity index is 1.85. The van der Waals surface area contributed by atoms with Gasteiger partial charge in [-0.15, -0.1) is 0 Å². The summed E-state index contributed by atoms with van der Waals surface area (Å²) < 4.78 is 13.6. The number of nitrogens with zero attached hydrogens (tertiary/aromatic N) is 1. The van der Waals surface area contributed by atoms with E-state index in [1.807, 2.05) is 30.5 Å². The molecule has 0 bridgehead atoms. The Morgan fingerprint density at radius 3 is 2.92 bits per heavy atom. The Labute approximate surface area is 148 Å². The number of carbonyl (C=O) groups is 1. The summed E-state index contributed by atoms with van der Waals surface area (Å²) in [6.07, 6.45) is 14.9. The summed E-state index contributed by atoms with van der Waals surface area (Å²) in [5, 5.41) is 6.61. The SMILES string of the molecule is Nn1c2c(c(NC3C=CC=CC3)c1C1=CCNC=C1)C(=O)CS(=O)C2. The van der Waals surface area contributed by atoms with Gasteiger partial charge in [-0.2, -0.15) is 0 Å². The minimum absolute atomic E-state index is 0.0575. The molecule has 6 nitrogen and oxygen atoms in total. The van der Waals surface area contributed by atoms with Gasteiger partial charge in [0.2, 0.25) is 0 Å². The number of nitrogens with two attached hydrogens (primary N) is 1. The fourth-order valence-electron chi connectivity index (χ4n) is 3.43. The molecule has 25 heavy (non-hydrogen) atoms. The second-order valence-corrected chi connectivity index (χ2v) is 7.72. The van der Waals surface area contributed by atoms with Gasteiger partial charge >= 0.3 is 0 Å². The number of nitrogens with one attached hydrogen (secondary N) is 2. The van der Waals surface area contributed by atoms with Gasteiger partial charge in [-0.1, -0.05) is 30.4 Å². The molecule has 0 fully saturated rings. The number of aromatic nitrogens is 1. The summed E-state index contributed by atoms with van der Waals surface area (Å²) in [6, 6.07) is 0.0989. The third-order valence-corrected chi connectivity index (χ3v) is 5.76. The van der Waals surface area contributed by atoms with E-state index in [4.69, 9.17) is 5.84 Å². The first-order chi connectivity index (χ1) is 12.1. The third-order valence-electron chi connectivity index (χ3n) is 4.58. The molecule has 0 aromatic carbocycles. The molecule has 0 radical (unpaired) electrons. The smallest absolute Gasteiger partial charge is 0.179 e. The molecule has 1 aromatic heterocycles. The lowest BCUT2D eigenvalue weighted by atomic mass is 10.0. The van der Waals surface area contributed by atoms with E-state index in [0.29, 0.717) is 23.6 Å². The highest BCUT2D eigenvalue weighted by molar-refractivity contribution is 7.85. The topological polar surface area (TPSA) is 89.2 Å². The highest BCUT2D eigenvalue weighted by atomic mass is 32.2. The fraction of sp³-hybridized carbons (Fsp3) is 0.278. The molecule has 2 aliphatic heterocycles. The van der Waals surface area contributed by atoms with E-state index in [0.717, 1.165) is 23.4 Å². The number of fused-ring (bicyclic) bond motifs is 1. The number of Topliss-reactive ketones (excluding diaryl/α,β-unsaturated/α-hetero) is 1. The molecule has 3 aliphatic rings. The average Bonchev–Trinajstić information content (AvgIpc) is 2.89. The zero-order chi connectivity index (χ0) is 17.4. The number of ketones is 1. The van der Waals surface area contributed by atoms with Gasteiger partial charge in [0, 0.05) is 29.0 Å². The molecule has 1 aliphatic carbocycles. The first-order valence-corrected chi connectivity index (χ1v) is 9.75. The van der Waals surface area contributed by atoms with Gasteiger partial charge in [0.15, 0.2) is 5.78 Å². The standard InChI is InChI=1S/C18H20N4O2S/c19-22-14-10-25(24)11-15(23)16(14)17(21-13-4-2-1-3-5-13)18(22)12-6-8-20-9-7-12/h1-4,6-8,13,20-21H,5,9-11,19H2. The van der Waals surface area contributed by atoms with Gasteiger partial charge in [-0.25, -0.2) is 0 Å². The molecule has 1 aromatic rings. The molecule has 4 N–H and O–H groups in total. The molecule has 2 unspecified atom stereocenters. The molecule has 3 heterocycles. The summed E-state index contributed by atoms with van der Waals surface area (Å²) in [4.78, 5) is 12.6. The molecule has 4 rings (SSSR count). The third kappa shape index (κ3) is 2.84. The van der Waals surface area contributed by atoms with E-state index in [1.165, 1.54) is 4.68 Å². The molecular formula is C18H20N4O2S. The van der Waals surface area contributed by atoms with Crippen LogP contribution in [0.2, 0.25) is 0 Å². The maximum Gasteiger partial charge on any atom is 0.179 e. The molecule has 0 amide bonds. The van der Waals surface area contributed by atoms with E-state index in [1.54, 1.807) is 0 Å². The summed E-state index contributed by atoms with van der Waals surface area (Å²) in [5.41, 5.74) is 3.72. The van der Waals surface area contributed by atoms with Crippen molar-refractivity contribution in [2.45, 2.75) is 18.2 Å². The predicted octanol–water partition coefficient (Wildman–Crippen LogP) is 1.44. The van der Waals surface area contributed by atoms with Crippen LogP contribution in [0.3, 0.4) is 0 Å². The number of carbonyl (C=O) groups excluding carboxylic acids is 1. The summed E-state index contributed by atoms with van der Waals surface area (Å²) in [6.45, 7) is 0.701. The maximum absolute atomic E-state index is 12.6. The predicted molar refractivity (Wildman–Crippen MR) is 101 cm³/mol. The Hall–Kier alpha value is -2.54. The van der Waals surface area contributed by atoms with Crippen LogP contribution in [0.4, 0.5) is 5.69 Å². The largest absolute Gasteiger partial charge is 0.387 e. The second kappa shape index (κ2) is 6.40. The molecule has 0 spiro atoms. The first kappa shape index (κ1) is 16.0. The van der Waals surface area contributed by atoms with Gasteiger partial charge in [0.25, 0.3) is 0 Å². The van der Waals surface area contributed by atoms with Crippen molar-refractivity contribution < 1.29 is 9.00 Å². The number of hydrogen-bond acceptors (Lipinski definition) is 5. The number of allylic oxidation sites excluding steroid dienone is 4. The van der Waals surface area contributed by atoms with Crippen molar-refractivity contribution in [2.75, 3.05) is 23.5 Å². The van der Waals surface area contributed by atoms with Crippen LogP contribution in [0.15, 0.2) is 42.7 Å². The van der Waals surface area contributed by atoms with Gasteiger partial charge in [-0.05, 0) is 18.7 Å². The number of dihydropyridines is 1.